The highest BCUT2D eigenvalue weighted by molar-refractivity contribution is 5.91. The number of benzene rings is 2. The number of rotatable bonds is 8. The molecule has 1 amide bonds. The molecule has 2 atom stereocenters. The van der Waals surface area contributed by atoms with Gasteiger partial charge in [-0.15, -0.1) is 0 Å². The summed E-state index contributed by atoms with van der Waals surface area (Å²) in [5, 5.41) is 3.74. The Hall–Kier alpha value is -3.32. The molecule has 7 heteroatoms. The zero-order valence-electron chi connectivity index (χ0n) is 17.3. The molecule has 0 spiro atoms. The molecule has 2 heterocycles. The van der Waals surface area contributed by atoms with Gasteiger partial charge in [0.1, 0.15) is 23.7 Å². The first kappa shape index (κ1) is 20.9. The van der Waals surface area contributed by atoms with Crippen LogP contribution in [0.1, 0.15) is 41.9 Å². The highest BCUT2D eigenvalue weighted by atomic mass is 16.5. The normalized spacial score (nSPS) is 16.7. The Kier molecular flexibility index (Phi) is 6.52. The SMILES string of the molecule is C[C@@H](NC(=O)COC(=O)c1ccc(OC[C@@H]2CCCO2)cc1)c1cc2ccccc2o1. The van der Waals surface area contributed by atoms with Gasteiger partial charge in [-0.05, 0) is 56.2 Å². The Bertz CT molecular complexity index is 1000. The summed E-state index contributed by atoms with van der Waals surface area (Å²) < 4.78 is 22.1. The van der Waals surface area contributed by atoms with Crippen LogP contribution in [-0.4, -0.2) is 37.8 Å². The van der Waals surface area contributed by atoms with E-state index in [0.29, 0.717) is 23.7 Å². The summed E-state index contributed by atoms with van der Waals surface area (Å²) in [5.74, 6) is 0.318. The summed E-state index contributed by atoms with van der Waals surface area (Å²) in [7, 11) is 0. The second-order valence-electron chi connectivity index (χ2n) is 7.52. The number of carbonyl (C=O) groups is 2. The van der Waals surface area contributed by atoms with Crippen LogP contribution in [-0.2, 0) is 14.3 Å². The van der Waals surface area contributed by atoms with E-state index in [9.17, 15) is 9.59 Å². The monoisotopic (exact) mass is 423 g/mol. The number of ether oxygens (including phenoxy) is 3. The molecule has 1 saturated heterocycles. The topological polar surface area (TPSA) is 87.0 Å². The Morgan fingerprint density at radius 1 is 1.16 bits per heavy atom. The van der Waals surface area contributed by atoms with Gasteiger partial charge in [0.2, 0.25) is 0 Å². The minimum absolute atomic E-state index is 0.130. The van der Waals surface area contributed by atoms with Crippen LogP contribution in [0.4, 0.5) is 0 Å². The molecule has 1 N–H and O–H groups in total. The smallest absolute Gasteiger partial charge is 0.338 e. The van der Waals surface area contributed by atoms with E-state index in [0.717, 1.165) is 30.4 Å². The first-order chi connectivity index (χ1) is 15.1. The van der Waals surface area contributed by atoms with E-state index >= 15 is 0 Å². The minimum Gasteiger partial charge on any atom is -0.491 e. The number of nitrogens with one attached hydrogen (secondary N) is 1. The van der Waals surface area contributed by atoms with Crippen LogP contribution < -0.4 is 10.1 Å². The standard InChI is InChI=1S/C24H25NO6/c1-16(22-13-18-5-2-3-7-21(18)31-22)25-23(26)15-30-24(27)17-8-10-19(11-9-17)29-14-20-6-4-12-28-20/h2-3,5,7-11,13,16,20H,4,6,12,14-15H2,1H3,(H,25,26)/t16-,20+/m1/s1. The van der Waals surface area contributed by atoms with Crippen LogP contribution in [0.5, 0.6) is 5.75 Å². The molecule has 0 unspecified atom stereocenters. The molecule has 1 aliphatic heterocycles. The third-order valence-corrected chi connectivity index (χ3v) is 5.13. The molecule has 4 rings (SSSR count). The van der Waals surface area contributed by atoms with Gasteiger partial charge in [0.15, 0.2) is 6.61 Å². The molecule has 7 nitrogen and oxygen atoms in total. The zero-order valence-corrected chi connectivity index (χ0v) is 17.3. The third kappa shape index (κ3) is 5.44. The second kappa shape index (κ2) is 9.66. The van der Waals surface area contributed by atoms with E-state index in [-0.39, 0.29) is 18.8 Å². The lowest BCUT2D eigenvalue weighted by Gasteiger charge is -2.12. The Balaban J connectivity index is 1.23. The van der Waals surface area contributed by atoms with Crippen molar-refractivity contribution in [3.8, 4) is 5.75 Å². The maximum absolute atomic E-state index is 12.2. The molecule has 162 valence electrons. The lowest BCUT2D eigenvalue weighted by atomic mass is 10.2. The first-order valence-electron chi connectivity index (χ1n) is 10.4. The summed E-state index contributed by atoms with van der Waals surface area (Å²) in [5.41, 5.74) is 1.11. The van der Waals surface area contributed by atoms with Gasteiger partial charge in [-0.1, -0.05) is 18.2 Å². The maximum Gasteiger partial charge on any atom is 0.338 e. The van der Waals surface area contributed by atoms with E-state index in [1.165, 1.54) is 0 Å². The number of fused-ring (bicyclic) bond motifs is 1. The highest BCUT2D eigenvalue weighted by Crippen LogP contribution is 2.23. The van der Waals surface area contributed by atoms with Gasteiger partial charge in [0.25, 0.3) is 5.91 Å². The Labute approximate surface area is 180 Å². The van der Waals surface area contributed by atoms with Crippen LogP contribution in [0, 0.1) is 0 Å². The van der Waals surface area contributed by atoms with E-state index in [4.69, 9.17) is 18.6 Å². The fourth-order valence-corrected chi connectivity index (χ4v) is 3.44. The average molecular weight is 423 g/mol. The largest absolute Gasteiger partial charge is 0.491 e. The van der Waals surface area contributed by atoms with E-state index in [1.54, 1.807) is 24.3 Å². The quantitative estimate of drug-likeness (QED) is 0.551. The Morgan fingerprint density at radius 3 is 2.71 bits per heavy atom. The van der Waals surface area contributed by atoms with Crippen LogP contribution in [0.3, 0.4) is 0 Å². The van der Waals surface area contributed by atoms with Crippen LogP contribution >= 0.6 is 0 Å². The van der Waals surface area contributed by atoms with Crippen molar-refractivity contribution in [1.29, 1.82) is 0 Å². The predicted molar refractivity (Wildman–Crippen MR) is 114 cm³/mol. The number of furan rings is 1. The second-order valence-corrected chi connectivity index (χ2v) is 7.52. The lowest BCUT2D eigenvalue weighted by Crippen LogP contribution is -2.31. The van der Waals surface area contributed by atoms with Crippen molar-refractivity contribution in [3.05, 3.63) is 65.9 Å². The molecular weight excluding hydrogens is 398 g/mol. The van der Waals surface area contributed by atoms with Gasteiger partial charge in [0, 0.05) is 12.0 Å². The highest BCUT2D eigenvalue weighted by Gasteiger charge is 2.17. The summed E-state index contributed by atoms with van der Waals surface area (Å²) in [6.45, 7) is 2.71. The molecule has 0 radical (unpaired) electrons. The maximum atomic E-state index is 12.2. The number of esters is 1. The number of carbonyl (C=O) groups excluding carboxylic acids is 2. The molecular formula is C24H25NO6. The van der Waals surface area contributed by atoms with Crippen molar-refractivity contribution in [2.45, 2.75) is 31.9 Å². The van der Waals surface area contributed by atoms with Crippen molar-refractivity contribution in [1.82, 2.24) is 5.32 Å². The van der Waals surface area contributed by atoms with Gasteiger partial charge in [-0.25, -0.2) is 4.79 Å². The lowest BCUT2D eigenvalue weighted by molar-refractivity contribution is -0.125. The van der Waals surface area contributed by atoms with E-state index < -0.39 is 11.9 Å². The average Bonchev–Trinajstić information content (AvgIpc) is 3.46. The molecule has 0 bridgehead atoms. The summed E-state index contributed by atoms with van der Waals surface area (Å²) in [6, 6.07) is 15.8. The fourth-order valence-electron chi connectivity index (χ4n) is 3.44. The molecule has 1 aromatic heterocycles. The van der Waals surface area contributed by atoms with Crippen molar-refractivity contribution in [2.24, 2.45) is 0 Å². The van der Waals surface area contributed by atoms with Crippen molar-refractivity contribution in [3.63, 3.8) is 0 Å². The molecule has 0 aliphatic carbocycles. The number of para-hydroxylation sites is 1. The number of amides is 1. The van der Waals surface area contributed by atoms with E-state index in [2.05, 4.69) is 5.32 Å². The van der Waals surface area contributed by atoms with Gasteiger partial charge in [0.05, 0.1) is 17.7 Å². The molecule has 1 aliphatic rings. The van der Waals surface area contributed by atoms with Crippen molar-refractivity contribution < 1.29 is 28.2 Å². The predicted octanol–water partition coefficient (Wildman–Crippen LogP) is 4.02. The van der Waals surface area contributed by atoms with Crippen LogP contribution in [0.15, 0.2) is 59.0 Å². The van der Waals surface area contributed by atoms with Crippen molar-refractivity contribution >= 4 is 22.8 Å². The third-order valence-electron chi connectivity index (χ3n) is 5.13. The molecule has 1 fully saturated rings. The summed E-state index contributed by atoms with van der Waals surface area (Å²) in [6.07, 6.45) is 2.19. The summed E-state index contributed by atoms with van der Waals surface area (Å²) >= 11 is 0. The first-order valence-corrected chi connectivity index (χ1v) is 10.4. The molecule has 0 saturated carbocycles. The summed E-state index contributed by atoms with van der Waals surface area (Å²) in [4.78, 5) is 24.4. The number of hydrogen-bond donors (Lipinski definition) is 1. The van der Waals surface area contributed by atoms with Gasteiger partial charge >= 0.3 is 5.97 Å². The zero-order chi connectivity index (χ0) is 21.6. The minimum atomic E-state index is -0.572. The molecule has 3 aromatic rings. The Morgan fingerprint density at radius 2 is 1.97 bits per heavy atom. The van der Waals surface area contributed by atoms with Gasteiger partial charge in [-0.2, -0.15) is 0 Å². The van der Waals surface area contributed by atoms with Crippen molar-refractivity contribution in [2.75, 3.05) is 19.8 Å². The molecule has 2 aromatic carbocycles. The van der Waals surface area contributed by atoms with Gasteiger partial charge in [-0.3, -0.25) is 4.79 Å². The van der Waals surface area contributed by atoms with Crippen LogP contribution in [0.2, 0.25) is 0 Å². The van der Waals surface area contributed by atoms with E-state index in [1.807, 2.05) is 37.3 Å². The number of hydrogen-bond acceptors (Lipinski definition) is 6. The molecule has 31 heavy (non-hydrogen) atoms. The van der Waals surface area contributed by atoms with Crippen LogP contribution in [0.25, 0.3) is 11.0 Å². The fraction of sp³-hybridized carbons (Fsp3) is 0.333. The van der Waals surface area contributed by atoms with Gasteiger partial charge < -0.3 is 23.9 Å².